The Morgan fingerprint density at radius 2 is 1.32 bits per heavy atom. The fourth-order valence-corrected chi connectivity index (χ4v) is 1.64. The van der Waals surface area contributed by atoms with Crippen LogP contribution in [0.5, 0.6) is 5.75 Å². The maximum absolute atomic E-state index is 11.1. The van der Waals surface area contributed by atoms with E-state index in [1.54, 1.807) is 0 Å². The van der Waals surface area contributed by atoms with Crippen LogP contribution in [0.4, 0.5) is 22.7 Å². The van der Waals surface area contributed by atoms with Crippen molar-refractivity contribution in [2.45, 2.75) is 0 Å². The summed E-state index contributed by atoms with van der Waals surface area (Å²) in [5, 5.41) is 42.1. The number of nitro benzene ring substituents is 3. The number of anilines is 1. The van der Waals surface area contributed by atoms with E-state index in [1.165, 1.54) is 5.69 Å². The molecule has 0 spiro atoms. The van der Waals surface area contributed by atoms with E-state index in [2.05, 4.69) is 9.88 Å². The fourth-order valence-electron chi connectivity index (χ4n) is 1.64. The molecule has 12 nitrogen and oxygen atoms in total. The van der Waals surface area contributed by atoms with Gasteiger partial charge < -0.3 is 10.0 Å². The van der Waals surface area contributed by atoms with E-state index >= 15 is 0 Å². The van der Waals surface area contributed by atoms with Crippen molar-refractivity contribution in [3.8, 4) is 5.75 Å². The normalized spacial score (nSPS) is 9.52. The van der Waals surface area contributed by atoms with Crippen LogP contribution in [-0.2, 0) is 0 Å². The molecule has 1 aromatic heterocycles. The molecule has 0 aliphatic rings. The van der Waals surface area contributed by atoms with Gasteiger partial charge in [-0.25, -0.2) is 4.98 Å². The van der Waals surface area contributed by atoms with Crippen molar-refractivity contribution in [2.75, 3.05) is 19.0 Å². The highest BCUT2D eigenvalue weighted by atomic mass is 16.6. The molecule has 0 amide bonds. The number of non-ortho nitro benzene ring substituents is 1. The van der Waals surface area contributed by atoms with Gasteiger partial charge in [0.2, 0.25) is 0 Å². The van der Waals surface area contributed by atoms with E-state index in [0.29, 0.717) is 12.1 Å². The van der Waals surface area contributed by atoms with Crippen molar-refractivity contribution in [1.29, 1.82) is 0 Å². The Morgan fingerprint density at radius 1 is 0.880 bits per heavy atom. The van der Waals surface area contributed by atoms with Gasteiger partial charge in [-0.2, -0.15) is 0 Å². The molecule has 0 aliphatic carbocycles. The Bertz CT molecular complexity index is 760. The zero-order valence-corrected chi connectivity index (χ0v) is 13.1. The largest absolute Gasteiger partial charge is 0.863 e. The lowest BCUT2D eigenvalue weighted by Gasteiger charge is -2.08. The molecule has 1 N–H and O–H groups in total. The SMILES string of the molecule is CN(C)c1cc[nH+]cc1.O=[N+]([O-])c1cc([N+](=O)[O-])c([O-])c([N+](=O)[O-])c1. The van der Waals surface area contributed by atoms with Gasteiger partial charge in [0.1, 0.15) is 0 Å². The Labute approximate surface area is 140 Å². The Hall–Kier alpha value is -3.83. The number of benzene rings is 1. The van der Waals surface area contributed by atoms with E-state index in [0.717, 1.165) is 0 Å². The van der Waals surface area contributed by atoms with Gasteiger partial charge in [0.05, 0.1) is 32.7 Å². The van der Waals surface area contributed by atoms with Crippen LogP contribution in [0.25, 0.3) is 0 Å². The summed E-state index contributed by atoms with van der Waals surface area (Å²) >= 11 is 0. The topological polar surface area (TPSA) is 170 Å². The molecule has 12 heteroatoms. The number of hydrogen-bond donors (Lipinski definition) is 0. The predicted molar refractivity (Wildman–Crippen MR) is 83.2 cm³/mol. The van der Waals surface area contributed by atoms with Crippen LogP contribution in [0.15, 0.2) is 36.7 Å². The summed E-state index contributed by atoms with van der Waals surface area (Å²) in [6.45, 7) is 0. The number of hydrogen-bond acceptors (Lipinski definition) is 8. The van der Waals surface area contributed by atoms with Crippen LogP contribution < -0.4 is 15.0 Å². The van der Waals surface area contributed by atoms with Gasteiger partial charge >= 0.3 is 0 Å². The molecule has 0 unspecified atom stereocenters. The highest BCUT2D eigenvalue weighted by Crippen LogP contribution is 2.36. The third-order valence-corrected chi connectivity index (χ3v) is 2.86. The zero-order valence-electron chi connectivity index (χ0n) is 13.1. The summed E-state index contributed by atoms with van der Waals surface area (Å²) in [6, 6.07) is 4.82. The number of rotatable bonds is 4. The average Bonchev–Trinajstić information content (AvgIpc) is 2.55. The van der Waals surface area contributed by atoms with Gasteiger partial charge in [0.25, 0.3) is 17.1 Å². The third-order valence-electron chi connectivity index (χ3n) is 2.86. The van der Waals surface area contributed by atoms with Crippen molar-refractivity contribution in [2.24, 2.45) is 0 Å². The summed E-state index contributed by atoms with van der Waals surface area (Å²) in [4.78, 5) is 32.5. The number of aromatic amines is 1. The summed E-state index contributed by atoms with van der Waals surface area (Å²) in [7, 11) is 4.05. The third kappa shape index (κ3) is 5.09. The zero-order chi connectivity index (χ0) is 19.1. The fraction of sp³-hybridized carbons (Fsp3) is 0.154. The highest BCUT2D eigenvalue weighted by molar-refractivity contribution is 5.64. The number of nitrogens with zero attached hydrogens (tertiary/aromatic N) is 4. The molecule has 25 heavy (non-hydrogen) atoms. The molecule has 0 aliphatic heterocycles. The van der Waals surface area contributed by atoms with Crippen molar-refractivity contribution in [1.82, 2.24) is 0 Å². The van der Waals surface area contributed by atoms with Crippen molar-refractivity contribution >= 4 is 22.7 Å². The molecule has 1 heterocycles. The molecule has 0 fully saturated rings. The number of H-pyrrole nitrogens is 1. The summed E-state index contributed by atoms with van der Waals surface area (Å²) in [5.41, 5.74) is -2.05. The lowest BCUT2D eigenvalue weighted by Crippen LogP contribution is -2.10. The van der Waals surface area contributed by atoms with Gasteiger partial charge in [0, 0.05) is 31.9 Å². The summed E-state index contributed by atoms with van der Waals surface area (Å²) < 4.78 is 0. The predicted octanol–water partition coefficient (Wildman–Crippen LogP) is 1.05. The molecule has 0 saturated heterocycles. The monoisotopic (exact) mass is 351 g/mol. The molecule has 0 saturated carbocycles. The van der Waals surface area contributed by atoms with Crippen LogP contribution in [0.2, 0.25) is 0 Å². The first-order valence-electron chi connectivity index (χ1n) is 6.56. The van der Waals surface area contributed by atoms with Crippen LogP contribution in [0.3, 0.4) is 0 Å². The minimum absolute atomic E-state index is 0.384. The lowest BCUT2D eigenvalue weighted by molar-refractivity contribution is -0.420. The molecule has 2 rings (SSSR count). The van der Waals surface area contributed by atoms with Crippen molar-refractivity contribution < 1.29 is 24.9 Å². The summed E-state index contributed by atoms with van der Waals surface area (Å²) in [6.07, 6.45) is 3.82. The van der Waals surface area contributed by atoms with Gasteiger partial charge in [0.15, 0.2) is 12.4 Å². The molecule has 0 radical (unpaired) electrons. The van der Waals surface area contributed by atoms with E-state index in [4.69, 9.17) is 0 Å². The van der Waals surface area contributed by atoms with Crippen LogP contribution >= 0.6 is 0 Å². The Kier molecular flexibility index (Phi) is 6.26. The van der Waals surface area contributed by atoms with Crippen LogP contribution in [-0.4, -0.2) is 28.9 Å². The first kappa shape index (κ1) is 19.2. The minimum atomic E-state index is -1.46. The van der Waals surface area contributed by atoms with E-state index < -0.39 is 37.6 Å². The quantitative estimate of drug-likeness (QED) is 0.581. The van der Waals surface area contributed by atoms with E-state index in [9.17, 15) is 35.4 Å². The molecular weight excluding hydrogens is 338 g/mol. The van der Waals surface area contributed by atoms with Crippen molar-refractivity contribution in [3.63, 3.8) is 0 Å². The number of pyridine rings is 1. The molecule has 132 valence electrons. The van der Waals surface area contributed by atoms with E-state index in [-0.39, 0.29) is 0 Å². The Morgan fingerprint density at radius 3 is 1.60 bits per heavy atom. The Balaban J connectivity index is 0.000000293. The average molecular weight is 351 g/mol. The van der Waals surface area contributed by atoms with Gasteiger partial charge in [-0.15, -0.1) is 0 Å². The molecule has 0 atom stereocenters. The maximum Gasteiger partial charge on any atom is 0.283 e. The van der Waals surface area contributed by atoms with Gasteiger partial charge in [-0.05, 0) is 0 Å². The number of nitro groups is 3. The molecule has 2 aromatic rings. The smallest absolute Gasteiger partial charge is 0.283 e. The van der Waals surface area contributed by atoms with Gasteiger partial charge in [-0.1, -0.05) is 0 Å². The standard InChI is InChI=1S/C7H10N2.C6H3N3O7/c1-9(2)7-3-5-8-6-4-7;10-6-4(8(13)14)1-3(7(11)12)2-5(6)9(15)16/h3-6H,1-2H3;1-2,10H. The van der Waals surface area contributed by atoms with Crippen LogP contribution in [0, 0.1) is 30.3 Å². The first-order valence-corrected chi connectivity index (χ1v) is 6.56. The second-order valence-electron chi connectivity index (χ2n) is 4.74. The second-order valence-corrected chi connectivity index (χ2v) is 4.74. The lowest BCUT2D eigenvalue weighted by atomic mass is 10.2. The van der Waals surface area contributed by atoms with Crippen LogP contribution in [0.1, 0.15) is 0 Å². The second kappa shape index (κ2) is 8.14. The van der Waals surface area contributed by atoms with Gasteiger partial charge in [-0.3, -0.25) is 30.3 Å². The van der Waals surface area contributed by atoms with Crippen molar-refractivity contribution in [3.05, 3.63) is 67.0 Å². The molecule has 0 bridgehead atoms. The van der Waals surface area contributed by atoms with E-state index in [1.807, 2.05) is 38.6 Å². The molecular formula is C13H13N5O7. The minimum Gasteiger partial charge on any atom is -0.863 e. The highest BCUT2D eigenvalue weighted by Gasteiger charge is 2.24. The molecule has 1 aromatic carbocycles. The number of nitrogens with one attached hydrogen (secondary N) is 1. The summed E-state index contributed by atoms with van der Waals surface area (Å²) in [5.74, 6) is -1.46. The first-order chi connectivity index (χ1) is 11.6. The number of aromatic nitrogens is 1. The maximum atomic E-state index is 11.1.